The second-order valence-corrected chi connectivity index (χ2v) is 4.03. The lowest BCUT2D eigenvalue weighted by molar-refractivity contribution is -0.729. The van der Waals surface area contributed by atoms with Crippen LogP contribution in [0.4, 0.5) is 0 Å². The Hall–Kier alpha value is -2.04. The summed E-state index contributed by atoms with van der Waals surface area (Å²) in [5, 5.41) is 18.9. The number of aryl methyl sites for hydroxylation is 2. The van der Waals surface area contributed by atoms with E-state index in [4.69, 9.17) is 0 Å². The topological polar surface area (TPSA) is 64.0 Å². The van der Waals surface area contributed by atoms with Crippen molar-refractivity contribution in [1.82, 2.24) is 4.98 Å². The average molecular weight is 235 g/mol. The van der Waals surface area contributed by atoms with Crippen molar-refractivity contribution in [3.05, 3.63) is 36.7 Å². The Kier molecular flexibility index (Phi) is 3.27. The third-order valence-corrected chi connectivity index (χ3v) is 2.85. The number of aromatic nitrogens is 3. The third-order valence-electron chi connectivity index (χ3n) is 2.85. The van der Waals surface area contributed by atoms with E-state index in [2.05, 4.69) is 9.55 Å². The van der Waals surface area contributed by atoms with Gasteiger partial charge in [0.05, 0.1) is 6.54 Å². The van der Waals surface area contributed by atoms with Crippen LogP contribution < -0.4 is 9.13 Å². The molecule has 0 aliphatic rings. The van der Waals surface area contributed by atoms with E-state index in [1.54, 1.807) is 13.1 Å². The summed E-state index contributed by atoms with van der Waals surface area (Å²) in [6, 6.07) is 1.51. The van der Waals surface area contributed by atoms with Crippen molar-refractivity contribution >= 4 is 0 Å². The summed E-state index contributed by atoms with van der Waals surface area (Å²) in [4.78, 5) is 2.99. The zero-order valence-electron chi connectivity index (χ0n) is 9.80. The maximum absolute atomic E-state index is 9.59. The lowest BCUT2D eigenvalue weighted by Gasteiger charge is -2.02. The molecular formula is C12H17N3O2+2. The summed E-state index contributed by atoms with van der Waals surface area (Å²) in [5.74, 6) is -0.111. The Morgan fingerprint density at radius 1 is 1.24 bits per heavy atom. The predicted molar refractivity (Wildman–Crippen MR) is 60.3 cm³/mol. The van der Waals surface area contributed by atoms with E-state index >= 15 is 0 Å². The molecule has 0 amide bonds. The second-order valence-electron chi connectivity index (χ2n) is 4.03. The lowest BCUT2D eigenvalue weighted by atomic mass is 10.3. The van der Waals surface area contributed by atoms with Gasteiger partial charge in [0.2, 0.25) is 17.8 Å². The summed E-state index contributed by atoms with van der Waals surface area (Å²) in [6.07, 6.45) is 8.51. The number of pyridine rings is 1. The molecule has 0 unspecified atom stereocenters. The van der Waals surface area contributed by atoms with Gasteiger partial charge in [-0.05, 0) is 0 Å². The molecule has 0 radical (unpaired) electrons. The van der Waals surface area contributed by atoms with Crippen LogP contribution >= 0.6 is 0 Å². The number of nitrogens with one attached hydrogen (secondary N) is 1. The fraction of sp³-hybridized carbons (Fsp3) is 0.333. The highest BCUT2D eigenvalue weighted by molar-refractivity contribution is 5.36. The van der Waals surface area contributed by atoms with Crippen molar-refractivity contribution in [2.75, 3.05) is 0 Å². The van der Waals surface area contributed by atoms with Crippen LogP contribution in [0, 0.1) is 6.92 Å². The van der Waals surface area contributed by atoms with E-state index in [1.165, 1.54) is 6.07 Å². The molecule has 0 saturated carbocycles. The maximum atomic E-state index is 9.59. The number of aromatic hydroxyl groups is 2. The van der Waals surface area contributed by atoms with Gasteiger partial charge in [0.25, 0.3) is 0 Å². The van der Waals surface area contributed by atoms with Crippen LogP contribution in [0.1, 0.15) is 12.1 Å². The highest BCUT2D eigenvalue weighted by atomic mass is 16.3. The highest BCUT2D eigenvalue weighted by Crippen LogP contribution is 2.24. The number of imidazole rings is 1. The number of hydrogen-bond donors (Lipinski definition) is 3. The summed E-state index contributed by atoms with van der Waals surface area (Å²) in [7, 11) is 0. The molecule has 2 aromatic rings. The van der Waals surface area contributed by atoms with E-state index in [-0.39, 0.29) is 11.5 Å². The van der Waals surface area contributed by atoms with E-state index in [0.717, 1.165) is 19.5 Å². The van der Waals surface area contributed by atoms with Gasteiger partial charge in [-0.1, -0.05) is 0 Å². The van der Waals surface area contributed by atoms with Gasteiger partial charge in [0.1, 0.15) is 12.4 Å². The quantitative estimate of drug-likeness (QED) is 0.672. The molecule has 0 aromatic carbocycles. The van der Waals surface area contributed by atoms with Crippen LogP contribution in [-0.2, 0) is 13.1 Å². The first kappa shape index (κ1) is 11.4. The smallest absolute Gasteiger partial charge is 0.241 e. The Labute approximate surface area is 99.6 Å². The van der Waals surface area contributed by atoms with Crippen LogP contribution in [0.3, 0.4) is 0 Å². The number of nitrogens with zero attached hydrogens (tertiary/aromatic N) is 2. The lowest BCUT2D eigenvalue weighted by Crippen LogP contribution is -2.39. The minimum Gasteiger partial charge on any atom is -0.504 e. The molecular weight excluding hydrogens is 218 g/mol. The SMILES string of the molecule is Cc1c(O)c(O)cc[n+]1CCC[n+]1cc[nH]c1. The van der Waals surface area contributed by atoms with Crippen molar-refractivity contribution in [3.8, 4) is 11.5 Å². The van der Waals surface area contributed by atoms with Crippen molar-refractivity contribution in [2.24, 2.45) is 0 Å². The highest BCUT2D eigenvalue weighted by Gasteiger charge is 2.14. The van der Waals surface area contributed by atoms with Gasteiger partial charge in [0, 0.05) is 19.4 Å². The van der Waals surface area contributed by atoms with Gasteiger partial charge in [-0.3, -0.25) is 4.98 Å². The van der Waals surface area contributed by atoms with Crippen LogP contribution in [0.25, 0.3) is 0 Å². The van der Waals surface area contributed by atoms with Crippen molar-refractivity contribution < 1.29 is 19.3 Å². The standard InChI is InChI=1S/C12H15N3O2/c1-10-12(17)11(16)3-7-15(10)6-2-5-14-8-4-13-9-14/h3-4,7-9,17H,2,5-6H2,1H3/p+2. The van der Waals surface area contributed by atoms with E-state index < -0.39 is 0 Å². The molecule has 0 spiro atoms. The molecule has 0 atom stereocenters. The molecule has 5 heteroatoms. The number of hydrogen-bond acceptors (Lipinski definition) is 2. The molecule has 0 fully saturated rings. The van der Waals surface area contributed by atoms with Gasteiger partial charge in [-0.2, -0.15) is 4.57 Å². The van der Waals surface area contributed by atoms with Crippen molar-refractivity contribution in [2.45, 2.75) is 26.4 Å². The largest absolute Gasteiger partial charge is 0.504 e. The summed E-state index contributed by atoms with van der Waals surface area (Å²) in [6.45, 7) is 3.51. The van der Waals surface area contributed by atoms with Gasteiger partial charge in [0.15, 0.2) is 18.5 Å². The minimum atomic E-state index is -0.0706. The zero-order valence-corrected chi connectivity index (χ0v) is 9.80. The Morgan fingerprint density at radius 2 is 2.06 bits per heavy atom. The predicted octanol–water partition coefficient (Wildman–Crippen LogP) is 0.400. The van der Waals surface area contributed by atoms with E-state index in [0.29, 0.717) is 5.69 Å². The third kappa shape index (κ3) is 2.55. The fourth-order valence-electron chi connectivity index (χ4n) is 1.80. The van der Waals surface area contributed by atoms with Crippen LogP contribution in [0.2, 0.25) is 0 Å². The number of rotatable bonds is 4. The first-order valence-electron chi connectivity index (χ1n) is 5.61. The minimum absolute atomic E-state index is 0.0400. The molecule has 2 heterocycles. The monoisotopic (exact) mass is 235 g/mol. The summed E-state index contributed by atoms with van der Waals surface area (Å²) >= 11 is 0. The second kappa shape index (κ2) is 4.86. The first-order chi connectivity index (χ1) is 8.18. The Bertz CT molecular complexity index is 495. The Morgan fingerprint density at radius 3 is 2.76 bits per heavy atom. The zero-order chi connectivity index (χ0) is 12.3. The maximum Gasteiger partial charge on any atom is 0.241 e. The van der Waals surface area contributed by atoms with Gasteiger partial charge < -0.3 is 10.2 Å². The Balaban J connectivity index is 1.97. The van der Waals surface area contributed by atoms with Gasteiger partial charge in [-0.15, -0.1) is 0 Å². The van der Waals surface area contributed by atoms with Crippen molar-refractivity contribution in [3.63, 3.8) is 0 Å². The van der Waals surface area contributed by atoms with E-state index in [9.17, 15) is 10.2 Å². The molecule has 17 heavy (non-hydrogen) atoms. The molecule has 3 N–H and O–H groups in total. The molecule has 0 aliphatic heterocycles. The molecule has 2 aromatic heterocycles. The summed E-state index contributed by atoms with van der Waals surface area (Å²) in [5.41, 5.74) is 0.684. The molecule has 0 saturated heterocycles. The molecule has 5 nitrogen and oxygen atoms in total. The molecule has 0 aliphatic carbocycles. The number of H-pyrrole nitrogens is 1. The van der Waals surface area contributed by atoms with E-state index in [1.807, 2.05) is 23.3 Å². The first-order valence-corrected chi connectivity index (χ1v) is 5.61. The van der Waals surface area contributed by atoms with Gasteiger partial charge in [-0.25, -0.2) is 4.57 Å². The van der Waals surface area contributed by atoms with Crippen LogP contribution in [0.15, 0.2) is 31.0 Å². The molecule has 0 bridgehead atoms. The van der Waals surface area contributed by atoms with Crippen molar-refractivity contribution in [1.29, 1.82) is 0 Å². The number of aromatic amines is 1. The fourth-order valence-corrected chi connectivity index (χ4v) is 1.80. The van der Waals surface area contributed by atoms with Gasteiger partial charge >= 0.3 is 0 Å². The average Bonchev–Trinajstić information content (AvgIpc) is 2.82. The molecule has 2 rings (SSSR count). The van der Waals surface area contributed by atoms with Crippen LogP contribution in [-0.4, -0.2) is 15.2 Å². The summed E-state index contributed by atoms with van der Waals surface area (Å²) < 4.78 is 4.00. The van der Waals surface area contributed by atoms with Crippen LogP contribution in [0.5, 0.6) is 11.5 Å². The molecule has 90 valence electrons. The normalized spacial score (nSPS) is 10.6.